The molecule has 14 rings (SSSR count). The molecule has 7 aliphatic carbocycles. The van der Waals surface area contributed by atoms with Gasteiger partial charge in [0.25, 0.3) is 0 Å². The van der Waals surface area contributed by atoms with Crippen LogP contribution >= 0.6 is 0 Å². The molecule has 286 valence electrons. The lowest BCUT2D eigenvalue weighted by molar-refractivity contribution is -0.193. The number of hydrogen-bond acceptors (Lipinski definition) is 1. The van der Waals surface area contributed by atoms with Gasteiger partial charge in [-0.15, -0.1) is 0 Å². The van der Waals surface area contributed by atoms with Gasteiger partial charge in [-0.3, -0.25) is 0 Å². The van der Waals surface area contributed by atoms with Crippen molar-refractivity contribution in [3.05, 3.63) is 185 Å². The summed E-state index contributed by atoms with van der Waals surface area (Å²) >= 11 is 0. The van der Waals surface area contributed by atoms with E-state index in [2.05, 4.69) is 184 Å². The lowest BCUT2D eigenvalue weighted by Crippen LogP contribution is -2.65. The van der Waals surface area contributed by atoms with Crippen LogP contribution in [-0.4, -0.2) is 0 Å². The maximum atomic E-state index is 2.61. The second kappa shape index (κ2) is 10.7. The van der Waals surface area contributed by atoms with Gasteiger partial charge in [-0.05, 0) is 175 Å². The van der Waals surface area contributed by atoms with Crippen molar-refractivity contribution < 1.29 is 0 Å². The maximum absolute atomic E-state index is 2.61. The Bertz CT molecular complexity index is 2890. The zero-order chi connectivity index (χ0) is 39.2. The number of hydrogen-bond donors (Lipinski definition) is 0. The molecule has 2 bridgehead atoms. The molecule has 0 heterocycles. The van der Waals surface area contributed by atoms with Crippen LogP contribution < -0.4 is 4.90 Å². The van der Waals surface area contributed by atoms with Crippen molar-refractivity contribution in [1.82, 2.24) is 0 Å². The summed E-state index contributed by atoms with van der Waals surface area (Å²) in [4.78, 5) is 2.59. The van der Waals surface area contributed by atoms with E-state index < -0.39 is 0 Å². The van der Waals surface area contributed by atoms with Crippen molar-refractivity contribution >= 4 is 17.1 Å². The minimum absolute atomic E-state index is 0.0898. The van der Waals surface area contributed by atoms with E-state index in [1.54, 1.807) is 11.1 Å². The van der Waals surface area contributed by atoms with Crippen molar-refractivity contribution in [3.63, 3.8) is 0 Å². The van der Waals surface area contributed by atoms with Crippen LogP contribution in [0, 0.1) is 29.1 Å². The molecular weight excluding hydrogens is 711 g/mol. The third-order valence-corrected chi connectivity index (χ3v) is 17.8. The quantitative estimate of drug-likeness (QED) is 0.173. The van der Waals surface area contributed by atoms with Gasteiger partial charge in [0, 0.05) is 33.3 Å². The molecule has 7 aliphatic rings. The van der Waals surface area contributed by atoms with Crippen LogP contribution in [0.4, 0.5) is 17.1 Å². The van der Waals surface area contributed by atoms with Crippen molar-refractivity contribution in [1.29, 1.82) is 0 Å². The SMILES string of the molecule is CC1(C)c2ccccc2-c2ccc(N(c3ccc4c(c3)-c3cc(-c5ccccc5)ccc3C43C4CC5CC6CC3C56C4)c3ccc4c(c3)C(C)(C)c3ccccc3-4)cc21. The number of fused-ring (bicyclic) bond motifs is 14. The van der Waals surface area contributed by atoms with E-state index in [0.717, 1.165) is 23.7 Å². The molecule has 4 fully saturated rings. The Morgan fingerprint density at radius 2 is 0.898 bits per heavy atom. The molecule has 0 aliphatic heterocycles. The van der Waals surface area contributed by atoms with Gasteiger partial charge in [0.05, 0.1) is 0 Å². The molecule has 1 heteroatoms. The maximum Gasteiger partial charge on any atom is 0.0468 e. The molecular formula is C58H49N. The predicted octanol–water partition coefficient (Wildman–Crippen LogP) is 14.8. The Kier molecular flexibility index (Phi) is 6.04. The van der Waals surface area contributed by atoms with Crippen LogP contribution in [0.15, 0.2) is 152 Å². The standard InChI is InChI=1S/C58H49N/c1-55(2)48-16-10-8-14-42(48)44-22-19-40(31-52(44)55)59(41-20-23-45-43-15-9-11-17-49(43)56(3,4)53(45)32-41)39-21-25-51-47(30-39)46-26-35(34-12-6-5-7-13-34)18-24-50(46)58(51)38-28-36-27-37-29-54(58)57(36,37)33-38/h5-26,30-32,36-38,54H,27-29,33H2,1-4H3. The third kappa shape index (κ3) is 3.78. The Balaban J connectivity index is 0.991. The third-order valence-electron chi connectivity index (χ3n) is 17.8. The highest BCUT2D eigenvalue weighted by atomic mass is 15.1. The van der Waals surface area contributed by atoms with Gasteiger partial charge < -0.3 is 4.90 Å². The Labute approximate surface area is 348 Å². The van der Waals surface area contributed by atoms with Crippen molar-refractivity contribution in [2.45, 2.75) is 69.6 Å². The first-order chi connectivity index (χ1) is 28.7. The van der Waals surface area contributed by atoms with Crippen LogP contribution in [0.25, 0.3) is 44.5 Å². The van der Waals surface area contributed by atoms with Crippen molar-refractivity contribution in [3.8, 4) is 44.5 Å². The fourth-order valence-corrected chi connectivity index (χ4v) is 15.3. The van der Waals surface area contributed by atoms with Gasteiger partial charge in [0.1, 0.15) is 0 Å². The first-order valence-corrected chi connectivity index (χ1v) is 22.3. The second-order valence-corrected chi connectivity index (χ2v) is 20.5. The summed E-state index contributed by atoms with van der Waals surface area (Å²) in [6.07, 6.45) is 5.78. The molecule has 6 unspecified atom stereocenters. The van der Waals surface area contributed by atoms with E-state index in [1.807, 2.05) is 0 Å². The van der Waals surface area contributed by atoms with E-state index in [0.29, 0.717) is 5.41 Å². The fraction of sp³-hybridized carbons (Fsp3) is 0.276. The fourth-order valence-electron chi connectivity index (χ4n) is 15.3. The van der Waals surface area contributed by atoms with Gasteiger partial charge in [0.2, 0.25) is 0 Å². The molecule has 0 N–H and O–H groups in total. The van der Waals surface area contributed by atoms with Crippen LogP contribution in [-0.2, 0) is 16.2 Å². The summed E-state index contributed by atoms with van der Waals surface area (Å²) in [5.41, 5.74) is 24.2. The molecule has 59 heavy (non-hydrogen) atoms. The monoisotopic (exact) mass is 759 g/mol. The minimum Gasteiger partial charge on any atom is -0.310 e. The van der Waals surface area contributed by atoms with Gasteiger partial charge in [-0.25, -0.2) is 0 Å². The number of rotatable bonds is 4. The van der Waals surface area contributed by atoms with Gasteiger partial charge in [-0.2, -0.15) is 0 Å². The normalized spacial score (nSPS) is 27.8. The molecule has 4 saturated carbocycles. The Morgan fingerprint density at radius 1 is 0.390 bits per heavy atom. The Hall–Kier alpha value is -5.66. The van der Waals surface area contributed by atoms with Crippen LogP contribution in [0.3, 0.4) is 0 Å². The predicted molar refractivity (Wildman–Crippen MR) is 243 cm³/mol. The highest BCUT2D eigenvalue weighted by Gasteiger charge is 2.82. The molecule has 2 spiro atoms. The van der Waals surface area contributed by atoms with Crippen molar-refractivity contribution in [2.24, 2.45) is 29.1 Å². The first kappa shape index (κ1) is 33.2. The summed E-state index contributed by atoms with van der Waals surface area (Å²) in [7, 11) is 0. The lowest BCUT2D eigenvalue weighted by Gasteiger charge is -2.70. The smallest absolute Gasteiger partial charge is 0.0468 e. The highest BCUT2D eigenvalue weighted by Crippen LogP contribution is 2.88. The van der Waals surface area contributed by atoms with Gasteiger partial charge >= 0.3 is 0 Å². The first-order valence-electron chi connectivity index (χ1n) is 22.3. The summed E-state index contributed by atoms with van der Waals surface area (Å²) in [5.74, 6) is 3.47. The molecule has 0 aromatic heterocycles. The summed E-state index contributed by atoms with van der Waals surface area (Å²) < 4.78 is 0. The van der Waals surface area contributed by atoms with E-state index in [9.17, 15) is 0 Å². The van der Waals surface area contributed by atoms with Gasteiger partial charge in [0.15, 0.2) is 0 Å². The summed E-state index contributed by atoms with van der Waals surface area (Å²) in [6.45, 7) is 9.63. The topological polar surface area (TPSA) is 3.24 Å². The number of anilines is 3. The van der Waals surface area contributed by atoms with Crippen LogP contribution in [0.5, 0.6) is 0 Å². The molecule has 1 nitrogen and oxygen atoms in total. The highest BCUT2D eigenvalue weighted by molar-refractivity contribution is 5.92. The lowest BCUT2D eigenvalue weighted by atomic mass is 9.34. The average Bonchev–Trinajstić information content (AvgIpc) is 3.98. The van der Waals surface area contributed by atoms with Gasteiger partial charge in [-0.1, -0.05) is 137 Å². The van der Waals surface area contributed by atoms with Crippen LogP contribution in [0.2, 0.25) is 0 Å². The molecule has 7 aromatic rings. The summed E-state index contributed by atoms with van der Waals surface area (Å²) in [6, 6.07) is 59.0. The number of benzene rings is 7. The largest absolute Gasteiger partial charge is 0.310 e. The molecule has 6 atom stereocenters. The molecule has 7 aromatic carbocycles. The minimum atomic E-state index is -0.0898. The zero-order valence-electron chi connectivity index (χ0n) is 34.5. The molecule has 0 amide bonds. The number of nitrogens with zero attached hydrogens (tertiary/aromatic N) is 1. The molecule has 0 saturated heterocycles. The summed E-state index contributed by atoms with van der Waals surface area (Å²) in [5, 5.41) is 0. The average molecular weight is 760 g/mol. The van der Waals surface area contributed by atoms with E-state index in [1.165, 1.54) is 110 Å². The zero-order valence-corrected chi connectivity index (χ0v) is 34.5. The van der Waals surface area contributed by atoms with E-state index in [-0.39, 0.29) is 16.2 Å². The van der Waals surface area contributed by atoms with E-state index in [4.69, 9.17) is 0 Å². The second-order valence-electron chi connectivity index (χ2n) is 20.5. The van der Waals surface area contributed by atoms with E-state index >= 15 is 0 Å². The Morgan fingerprint density at radius 3 is 1.53 bits per heavy atom. The van der Waals surface area contributed by atoms with Crippen LogP contribution in [0.1, 0.15) is 86.8 Å². The van der Waals surface area contributed by atoms with Crippen molar-refractivity contribution in [2.75, 3.05) is 4.90 Å². The molecule has 0 radical (unpaired) electrons.